The van der Waals surface area contributed by atoms with E-state index in [0.717, 1.165) is 29.3 Å². The zero-order valence-corrected chi connectivity index (χ0v) is 16.7. The third-order valence-electron chi connectivity index (χ3n) is 4.81. The third-order valence-corrected chi connectivity index (χ3v) is 6.12. The molecule has 1 aromatic carbocycles. The number of aryl methyl sites for hydroxylation is 3. The molecule has 0 amide bonds. The third kappa shape index (κ3) is 4.22. The molecule has 0 spiro atoms. The Morgan fingerprint density at radius 2 is 1.58 bits per heavy atom. The van der Waals surface area contributed by atoms with Crippen molar-refractivity contribution >= 4 is 15.8 Å². The van der Waals surface area contributed by atoms with Gasteiger partial charge in [0, 0.05) is 43.9 Å². The molecule has 6 nitrogen and oxygen atoms in total. The van der Waals surface area contributed by atoms with Crippen molar-refractivity contribution in [2.75, 3.05) is 37.3 Å². The minimum atomic E-state index is -3.14. The lowest BCUT2D eigenvalue weighted by atomic mass is 10.0. The van der Waals surface area contributed by atoms with Crippen LogP contribution in [0.4, 0.5) is 5.82 Å². The van der Waals surface area contributed by atoms with Gasteiger partial charge < -0.3 is 4.90 Å². The number of aromatic nitrogens is 2. The molecule has 1 aliphatic heterocycles. The molecule has 1 saturated heterocycles. The molecular weight excluding hydrogens is 348 g/mol. The fraction of sp³-hybridized carbons (Fsp3) is 0.474. The Bertz CT molecular complexity index is 887. The van der Waals surface area contributed by atoms with E-state index in [1.165, 1.54) is 21.7 Å². The van der Waals surface area contributed by atoms with Crippen LogP contribution >= 0.6 is 0 Å². The van der Waals surface area contributed by atoms with Gasteiger partial charge in [0.15, 0.2) is 0 Å². The number of rotatable bonds is 4. The lowest BCUT2D eigenvalue weighted by molar-refractivity contribution is 0.386. The Morgan fingerprint density at radius 1 is 0.962 bits per heavy atom. The van der Waals surface area contributed by atoms with Crippen molar-refractivity contribution in [3.63, 3.8) is 0 Å². The van der Waals surface area contributed by atoms with Crippen molar-refractivity contribution in [2.24, 2.45) is 0 Å². The molecule has 26 heavy (non-hydrogen) atoms. The summed E-state index contributed by atoms with van der Waals surface area (Å²) < 4.78 is 25.0. The second-order valence-electron chi connectivity index (χ2n) is 6.97. The van der Waals surface area contributed by atoms with Gasteiger partial charge in [0.25, 0.3) is 0 Å². The van der Waals surface area contributed by atoms with Crippen molar-refractivity contribution < 1.29 is 8.42 Å². The smallest absolute Gasteiger partial charge is 0.211 e. The van der Waals surface area contributed by atoms with Gasteiger partial charge in [0.05, 0.1) is 6.26 Å². The molecule has 0 aliphatic carbocycles. The molecule has 2 heterocycles. The van der Waals surface area contributed by atoms with E-state index >= 15 is 0 Å². The van der Waals surface area contributed by atoms with Crippen molar-refractivity contribution in [2.45, 2.75) is 27.2 Å². The summed E-state index contributed by atoms with van der Waals surface area (Å²) in [5.41, 5.74) is 4.57. The van der Waals surface area contributed by atoms with Gasteiger partial charge in [-0.05, 0) is 26.3 Å². The first-order valence-electron chi connectivity index (χ1n) is 8.84. The van der Waals surface area contributed by atoms with Crippen LogP contribution < -0.4 is 4.90 Å². The molecule has 2 aromatic rings. The van der Waals surface area contributed by atoms with Crippen molar-refractivity contribution in [3.05, 3.63) is 52.5 Å². The van der Waals surface area contributed by atoms with E-state index in [1.54, 1.807) is 0 Å². The summed E-state index contributed by atoms with van der Waals surface area (Å²) in [5, 5.41) is 0. The summed E-state index contributed by atoms with van der Waals surface area (Å²) in [5.74, 6) is 1.68. The van der Waals surface area contributed by atoms with Gasteiger partial charge in [-0.3, -0.25) is 0 Å². The van der Waals surface area contributed by atoms with E-state index in [9.17, 15) is 8.42 Å². The van der Waals surface area contributed by atoms with Crippen LogP contribution in [0.1, 0.15) is 28.2 Å². The van der Waals surface area contributed by atoms with E-state index in [0.29, 0.717) is 26.2 Å². The van der Waals surface area contributed by atoms with E-state index in [-0.39, 0.29) is 0 Å². The Hall–Kier alpha value is -1.99. The van der Waals surface area contributed by atoms with Crippen LogP contribution in [0.25, 0.3) is 0 Å². The van der Waals surface area contributed by atoms with Crippen molar-refractivity contribution in [1.29, 1.82) is 0 Å². The molecule has 3 rings (SSSR count). The first kappa shape index (κ1) is 18.8. The van der Waals surface area contributed by atoms with Crippen LogP contribution in [-0.4, -0.2) is 55.1 Å². The SMILES string of the molecule is Cc1ccc(Cc2c(C)nc(C)nc2N2CCN(S(C)(=O)=O)CC2)cc1. The Kier molecular flexibility index (Phi) is 5.29. The van der Waals surface area contributed by atoms with E-state index in [1.807, 2.05) is 13.8 Å². The average molecular weight is 375 g/mol. The summed E-state index contributed by atoms with van der Waals surface area (Å²) in [7, 11) is -3.14. The molecule has 0 saturated carbocycles. The van der Waals surface area contributed by atoms with Gasteiger partial charge in [-0.1, -0.05) is 29.8 Å². The molecule has 140 valence electrons. The number of piperazine rings is 1. The zero-order valence-electron chi connectivity index (χ0n) is 15.9. The largest absolute Gasteiger partial charge is 0.354 e. The fourth-order valence-electron chi connectivity index (χ4n) is 3.33. The molecule has 0 atom stereocenters. The summed E-state index contributed by atoms with van der Waals surface area (Å²) >= 11 is 0. The molecule has 1 fully saturated rings. The maximum Gasteiger partial charge on any atom is 0.211 e. The number of hydrogen-bond donors (Lipinski definition) is 0. The summed E-state index contributed by atoms with van der Waals surface area (Å²) in [6.45, 7) is 8.27. The van der Waals surface area contributed by atoms with Crippen molar-refractivity contribution in [3.8, 4) is 0 Å². The van der Waals surface area contributed by atoms with Crippen LogP contribution in [0.3, 0.4) is 0 Å². The van der Waals surface area contributed by atoms with Crippen LogP contribution in [0.2, 0.25) is 0 Å². The Labute approximate surface area is 155 Å². The van der Waals surface area contributed by atoms with Gasteiger partial charge in [0.2, 0.25) is 10.0 Å². The highest BCUT2D eigenvalue weighted by molar-refractivity contribution is 7.88. The molecule has 1 aromatic heterocycles. The highest BCUT2D eigenvalue weighted by atomic mass is 32.2. The van der Waals surface area contributed by atoms with Gasteiger partial charge in [0.1, 0.15) is 11.6 Å². The van der Waals surface area contributed by atoms with E-state index < -0.39 is 10.0 Å². The number of benzene rings is 1. The summed E-state index contributed by atoms with van der Waals surface area (Å²) in [6.07, 6.45) is 2.04. The highest BCUT2D eigenvalue weighted by Crippen LogP contribution is 2.25. The van der Waals surface area contributed by atoms with Gasteiger partial charge in [-0.25, -0.2) is 18.4 Å². The standard InChI is InChI=1S/C19H26N4O2S/c1-14-5-7-17(8-6-14)13-18-15(2)20-16(3)21-19(18)22-9-11-23(12-10-22)26(4,24)25/h5-8H,9-13H2,1-4H3. The second kappa shape index (κ2) is 7.32. The average Bonchev–Trinajstić information content (AvgIpc) is 2.58. The molecule has 0 unspecified atom stereocenters. The first-order chi connectivity index (χ1) is 12.2. The zero-order chi connectivity index (χ0) is 18.9. The molecular formula is C19H26N4O2S. The first-order valence-corrected chi connectivity index (χ1v) is 10.7. The monoisotopic (exact) mass is 374 g/mol. The highest BCUT2D eigenvalue weighted by Gasteiger charge is 2.26. The quantitative estimate of drug-likeness (QED) is 0.820. The van der Waals surface area contributed by atoms with Crippen LogP contribution in [-0.2, 0) is 16.4 Å². The number of anilines is 1. The van der Waals surface area contributed by atoms with Crippen molar-refractivity contribution in [1.82, 2.24) is 14.3 Å². The number of sulfonamides is 1. The predicted molar refractivity (Wildman–Crippen MR) is 104 cm³/mol. The lowest BCUT2D eigenvalue weighted by Crippen LogP contribution is -2.49. The van der Waals surface area contributed by atoms with Gasteiger partial charge >= 0.3 is 0 Å². The molecule has 0 bridgehead atoms. The van der Waals surface area contributed by atoms with E-state index in [2.05, 4.69) is 41.1 Å². The predicted octanol–water partition coefficient (Wildman–Crippen LogP) is 2.07. The minimum Gasteiger partial charge on any atom is -0.354 e. The minimum absolute atomic E-state index is 0.491. The molecule has 0 radical (unpaired) electrons. The topological polar surface area (TPSA) is 66.4 Å². The lowest BCUT2D eigenvalue weighted by Gasteiger charge is -2.35. The van der Waals surface area contributed by atoms with Crippen LogP contribution in [0.15, 0.2) is 24.3 Å². The Balaban J connectivity index is 1.88. The van der Waals surface area contributed by atoms with Gasteiger partial charge in [-0.15, -0.1) is 0 Å². The number of hydrogen-bond acceptors (Lipinski definition) is 5. The normalized spacial score (nSPS) is 16.1. The number of nitrogens with zero attached hydrogens (tertiary/aromatic N) is 4. The van der Waals surface area contributed by atoms with Crippen LogP contribution in [0, 0.1) is 20.8 Å². The maximum absolute atomic E-state index is 11.8. The fourth-order valence-corrected chi connectivity index (χ4v) is 4.15. The summed E-state index contributed by atoms with van der Waals surface area (Å²) in [4.78, 5) is 11.4. The van der Waals surface area contributed by atoms with Crippen LogP contribution in [0.5, 0.6) is 0 Å². The molecule has 0 N–H and O–H groups in total. The van der Waals surface area contributed by atoms with Gasteiger partial charge in [-0.2, -0.15) is 4.31 Å². The maximum atomic E-state index is 11.8. The molecule has 7 heteroatoms. The summed E-state index contributed by atoms with van der Waals surface area (Å²) in [6, 6.07) is 8.51. The Morgan fingerprint density at radius 3 is 2.15 bits per heavy atom. The van der Waals surface area contributed by atoms with E-state index in [4.69, 9.17) is 4.98 Å². The molecule has 1 aliphatic rings. The second-order valence-corrected chi connectivity index (χ2v) is 8.95.